The molecule has 2 unspecified atom stereocenters. The number of ether oxygens (including phenoxy) is 1. The maximum absolute atomic E-state index is 10.5. The number of aromatic hydroxyl groups is 4. The summed E-state index contributed by atoms with van der Waals surface area (Å²) >= 11 is 0. The summed E-state index contributed by atoms with van der Waals surface area (Å²) in [6.45, 7) is 3.88. The van der Waals surface area contributed by atoms with Crippen molar-refractivity contribution >= 4 is 0 Å². The lowest BCUT2D eigenvalue weighted by Gasteiger charge is -2.33. The minimum Gasteiger partial charge on any atom is -0.507 e. The van der Waals surface area contributed by atoms with Gasteiger partial charge in [0.2, 0.25) is 0 Å². The number of hydrogen-bond acceptors (Lipinski definition) is 6. The molecule has 6 nitrogen and oxygen atoms in total. The van der Waals surface area contributed by atoms with Crippen LogP contribution in [0.2, 0.25) is 0 Å². The molecule has 0 radical (unpaired) electrons. The Bertz CT molecular complexity index is 867. The van der Waals surface area contributed by atoms with Gasteiger partial charge in [-0.1, -0.05) is 17.7 Å². The van der Waals surface area contributed by atoms with E-state index in [0.29, 0.717) is 28.9 Å². The highest BCUT2D eigenvalue weighted by Gasteiger charge is 2.34. The number of hydrogen-bond donors (Lipinski definition) is 5. The SMILES string of the molecule is CC(C)=CCc1c(O)cc(O)c2c1OC(c1ccc(O)c(O)c1)C(O)C2. The molecule has 1 aliphatic heterocycles. The van der Waals surface area contributed by atoms with Gasteiger partial charge in [-0.2, -0.15) is 0 Å². The largest absolute Gasteiger partial charge is 0.507 e. The summed E-state index contributed by atoms with van der Waals surface area (Å²) in [6, 6.07) is 5.45. The second kappa shape index (κ2) is 6.80. The van der Waals surface area contributed by atoms with Gasteiger partial charge in [-0.25, -0.2) is 0 Å². The van der Waals surface area contributed by atoms with Crippen molar-refractivity contribution in [1.82, 2.24) is 0 Å². The van der Waals surface area contributed by atoms with Crippen LogP contribution in [0.3, 0.4) is 0 Å². The quantitative estimate of drug-likeness (QED) is 0.426. The van der Waals surface area contributed by atoms with Gasteiger partial charge in [-0.3, -0.25) is 0 Å². The molecule has 0 saturated carbocycles. The Kier molecular flexibility index (Phi) is 4.70. The molecule has 0 aliphatic carbocycles. The Morgan fingerprint density at radius 1 is 1.04 bits per heavy atom. The number of fused-ring (bicyclic) bond motifs is 1. The predicted octanol–water partition coefficient (Wildman–Crippen LogP) is 3.05. The average molecular weight is 358 g/mol. The lowest BCUT2D eigenvalue weighted by molar-refractivity contribution is 0.0190. The molecule has 6 heteroatoms. The van der Waals surface area contributed by atoms with Crippen LogP contribution in [0.4, 0.5) is 0 Å². The van der Waals surface area contributed by atoms with E-state index in [2.05, 4.69) is 0 Å². The molecular formula is C20H22O6. The van der Waals surface area contributed by atoms with Crippen molar-refractivity contribution in [2.45, 2.75) is 38.9 Å². The lowest BCUT2D eigenvalue weighted by atomic mass is 9.91. The molecule has 26 heavy (non-hydrogen) atoms. The molecule has 3 rings (SSSR count). The van der Waals surface area contributed by atoms with Crippen molar-refractivity contribution in [3.05, 3.63) is 52.6 Å². The lowest BCUT2D eigenvalue weighted by Crippen LogP contribution is -2.31. The summed E-state index contributed by atoms with van der Waals surface area (Å²) in [7, 11) is 0. The molecule has 2 aromatic carbocycles. The van der Waals surface area contributed by atoms with Crippen molar-refractivity contribution in [3.8, 4) is 28.7 Å². The van der Waals surface area contributed by atoms with Crippen molar-refractivity contribution in [3.63, 3.8) is 0 Å². The molecule has 1 heterocycles. The Labute approximate surface area is 151 Å². The Morgan fingerprint density at radius 3 is 2.42 bits per heavy atom. The molecular weight excluding hydrogens is 336 g/mol. The highest BCUT2D eigenvalue weighted by Crippen LogP contribution is 2.46. The molecule has 0 bridgehead atoms. The zero-order valence-corrected chi connectivity index (χ0v) is 14.6. The Hall–Kier alpha value is -2.86. The highest BCUT2D eigenvalue weighted by atomic mass is 16.5. The molecule has 1 aliphatic rings. The molecule has 0 aromatic heterocycles. The monoisotopic (exact) mass is 358 g/mol. The van der Waals surface area contributed by atoms with E-state index in [0.717, 1.165) is 5.57 Å². The number of aliphatic hydroxyl groups is 1. The smallest absolute Gasteiger partial charge is 0.157 e. The van der Waals surface area contributed by atoms with Gasteiger partial charge in [0, 0.05) is 23.6 Å². The van der Waals surface area contributed by atoms with Crippen LogP contribution in [0.15, 0.2) is 35.9 Å². The standard InChI is InChI=1S/C20H22O6/c1-10(2)3-5-12-15(22)9-16(23)13-8-18(25)19(26-20(12)13)11-4-6-14(21)17(24)7-11/h3-4,6-7,9,18-19,21-25H,5,8H2,1-2H3. The van der Waals surface area contributed by atoms with Crippen LogP contribution in [0.1, 0.15) is 36.6 Å². The van der Waals surface area contributed by atoms with Gasteiger partial charge >= 0.3 is 0 Å². The number of allylic oxidation sites excluding steroid dienone is 2. The van der Waals surface area contributed by atoms with Gasteiger partial charge in [-0.05, 0) is 38.0 Å². The van der Waals surface area contributed by atoms with E-state index in [1.807, 2.05) is 19.9 Å². The number of benzene rings is 2. The number of phenolic OH excluding ortho intramolecular Hbond substituents is 4. The zero-order chi connectivity index (χ0) is 19.0. The molecule has 0 amide bonds. The summed E-state index contributed by atoms with van der Waals surface area (Å²) in [6.07, 6.45) is 0.719. The summed E-state index contributed by atoms with van der Waals surface area (Å²) in [5, 5.41) is 50.1. The van der Waals surface area contributed by atoms with E-state index in [1.165, 1.54) is 18.2 Å². The first-order valence-corrected chi connectivity index (χ1v) is 8.34. The third kappa shape index (κ3) is 3.28. The van der Waals surface area contributed by atoms with E-state index < -0.39 is 12.2 Å². The first kappa shape index (κ1) is 17.9. The van der Waals surface area contributed by atoms with E-state index >= 15 is 0 Å². The van der Waals surface area contributed by atoms with Crippen LogP contribution in [0, 0.1) is 0 Å². The van der Waals surface area contributed by atoms with Crippen molar-refractivity contribution in [2.24, 2.45) is 0 Å². The van der Waals surface area contributed by atoms with E-state index in [-0.39, 0.29) is 29.4 Å². The van der Waals surface area contributed by atoms with Gasteiger partial charge in [0.1, 0.15) is 23.4 Å². The topological polar surface area (TPSA) is 110 Å². The molecule has 2 aromatic rings. The molecule has 0 spiro atoms. The number of phenols is 4. The van der Waals surface area contributed by atoms with E-state index in [9.17, 15) is 25.5 Å². The van der Waals surface area contributed by atoms with Crippen molar-refractivity contribution in [2.75, 3.05) is 0 Å². The fourth-order valence-corrected chi connectivity index (χ4v) is 3.09. The van der Waals surface area contributed by atoms with Crippen LogP contribution in [0.25, 0.3) is 0 Å². The van der Waals surface area contributed by atoms with Crippen LogP contribution in [0.5, 0.6) is 28.7 Å². The van der Waals surface area contributed by atoms with Crippen molar-refractivity contribution < 1.29 is 30.3 Å². The molecule has 2 atom stereocenters. The van der Waals surface area contributed by atoms with Crippen LogP contribution in [-0.2, 0) is 12.8 Å². The maximum atomic E-state index is 10.5. The molecule has 0 fully saturated rings. The summed E-state index contributed by atoms with van der Waals surface area (Å²) < 4.78 is 5.96. The second-order valence-electron chi connectivity index (χ2n) is 6.74. The minimum atomic E-state index is -0.960. The fraction of sp³-hybridized carbons (Fsp3) is 0.300. The fourth-order valence-electron chi connectivity index (χ4n) is 3.09. The van der Waals surface area contributed by atoms with Crippen LogP contribution >= 0.6 is 0 Å². The Morgan fingerprint density at radius 2 is 1.77 bits per heavy atom. The second-order valence-corrected chi connectivity index (χ2v) is 6.74. The predicted molar refractivity (Wildman–Crippen MR) is 95.8 cm³/mol. The van der Waals surface area contributed by atoms with Gasteiger partial charge in [-0.15, -0.1) is 0 Å². The van der Waals surface area contributed by atoms with Gasteiger partial charge in [0.05, 0.1) is 6.10 Å². The van der Waals surface area contributed by atoms with Gasteiger partial charge in [0.15, 0.2) is 11.5 Å². The number of aliphatic hydroxyl groups excluding tert-OH is 1. The third-order valence-electron chi connectivity index (χ3n) is 4.49. The van der Waals surface area contributed by atoms with Crippen LogP contribution in [-0.4, -0.2) is 31.6 Å². The summed E-state index contributed by atoms with van der Waals surface area (Å²) in [4.78, 5) is 0. The highest BCUT2D eigenvalue weighted by molar-refractivity contribution is 5.58. The first-order chi connectivity index (χ1) is 12.3. The van der Waals surface area contributed by atoms with Gasteiger partial charge < -0.3 is 30.3 Å². The molecule has 0 saturated heterocycles. The van der Waals surface area contributed by atoms with Gasteiger partial charge in [0.25, 0.3) is 0 Å². The van der Waals surface area contributed by atoms with E-state index in [4.69, 9.17) is 4.74 Å². The first-order valence-electron chi connectivity index (χ1n) is 8.34. The van der Waals surface area contributed by atoms with E-state index in [1.54, 1.807) is 6.07 Å². The summed E-state index contributed by atoms with van der Waals surface area (Å²) in [5.74, 6) is -0.457. The maximum Gasteiger partial charge on any atom is 0.157 e. The zero-order valence-electron chi connectivity index (χ0n) is 14.6. The van der Waals surface area contributed by atoms with Crippen LogP contribution < -0.4 is 4.74 Å². The normalized spacial score (nSPS) is 18.7. The summed E-state index contributed by atoms with van der Waals surface area (Å²) in [5.41, 5.74) is 2.52. The Balaban J connectivity index is 2.06. The average Bonchev–Trinajstić information content (AvgIpc) is 2.57. The third-order valence-corrected chi connectivity index (χ3v) is 4.49. The minimum absolute atomic E-state index is 0.0811. The molecule has 5 N–H and O–H groups in total. The number of rotatable bonds is 3. The van der Waals surface area contributed by atoms with Crippen molar-refractivity contribution in [1.29, 1.82) is 0 Å². The molecule has 138 valence electrons.